The van der Waals surface area contributed by atoms with Gasteiger partial charge in [-0.15, -0.1) is 11.3 Å². The molecule has 18 heavy (non-hydrogen) atoms. The predicted octanol–water partition coefficient (Wildman–Crippen LogP) is 2.44. The highest BCUT2D eigenvalue weighted by molar-refractivity contribution is 7.17. The van der Waals surface area contributed by atoms with Crippen LogP contribution in [0.3, 0.4) is 0 Å². The van der Waals surface area contributed by atoms with Crippen LogP contribution < -0.4 is 11.1 Å². The second-order valence-electron chi connectivity index (χ2n) is 5.17. The highest BCUT2D eigenvalue weighted by Crippen LogP contribution is 2.50. The van der Waals surface area contributed by atoms with Crippen molar-refractivity contribution in [1.82, 2.24) is 4.90 Å². The van der Waals surface area contributed by atoms with E-state index in [4.69, 9.17) is 11.0 Å². The van der Waals surface area contributed by atoms with E-state index in [1.54, 1.807) is 0 Å². The number of hydrogen-bond donors (Lipinski definition) is 2. The minimum atomic E-state index is 0.450. The molecule has 1 heterocycles. The van der Waals surface area contributed by atoms with Gasteiger partial charge in [-0.05, 0) is 39.8 Å². The van der Waals surface area contributed by atoms with Crippen LogP contribution in [-0.4, -0.2) is 31.6 Å². The van der Waals surface area contributed by atoms with Crippen LogP contribution in [0.5, 0.6) is 0 Å². The van der Waals surface area contributed by atoms with Crippen molar-refractivity contribution in [2.45, 2.75) is 31.7 Å². The third kappa shape index (κ3) is 2.60. The maximum atomic E-state index is 9.07. The van der Waals surface area contributed by atoms with E-state index in [9.17, 15) is 0 Å². The Labute approximate surface area is 112 Å². The molecule has 0 spiro atoms. The van der Waals surface area contributed by atoms with Crippen molar-refractivity contribution in [3.8, 4) is 6.07 Å². The maximum Gasteiger partial charge on any atom is 0.130 e. The van der Waals surface area contributed by atoms with Gasteiger partial charge in [0.15, 0.2) is 0 Å². The lowest BCUT2D eigenvalue weighted by Crippen LogP contribution is -2.31. The molecular formula is C13H20N4S. The summed E-state index contributed by atoms with van der Waals surface area (Å²) >= 11 is 1.49. The molecule has 1 atom stereocenters. The number of likely N-dealkylation sites (N-methyl/N-ethyl adjacent to an activating group) is 1. The fourth-order valence-electron chi connectivity index (χ4n) is 1.87. The van der Waals surface area contributed by atoms with Crippen LogP contribution in [0, 0.1) is 11.3 Å². The Morgan fingerprint density at radius 3 is 2.72 bits per heavy atom. The van der Waals surface area contributed by atoms with E-state index in [1.807, 2.05) is 0 Å². The molecule has 98 valence electrons. The molecule has 2 rings (SSSR count). The van der Waals surface area contributed by atoms with Gasteiger partial charge >= 0.3 is 0 Å². The fraction of sp³-hybridized carbons (Fsp3) is 0.615. The van der Waals surface area contributed by atoms with Crippen LogP contribution in [-0.2, 0) is 0 Å². The SMILES string of the molecule is CC(CNc1sc(C#N)c(N)c1C1CC1)N(C)C. The lowest BCUT2D eigenvalue weighted by Gasteiger charge is -2.20. The maximum absolute atomic E-state index is 9.07. The summed E-state index contributed by atoms with van der Waals surface area (Å²) in [5.74, 6) is 0.570. The van der Waals surface area contributed by atoms with Crippen molar-refractivity contribution in [2.24, 2.45) is 0 Å². The van der Waals surface area contributed by atoms with Gasteiger partial charge < -0.3 is 16.0 Å². The summed E-state index contributed by atoms with van der Waals surface area (Å²) in [5.41, 5.74) is 7.94. The van der Waals surface area contributed by atoms with Crippen LogP contribution in [0.25, 0.3) is 0 Å². The molecule has 1 aliphatic carbocycles. The number of rotatable bonds is 5. The first kappa shape index (κ1) is 13.2. The zero-order chi connectivity index (χ0) is 13.3. The molecule has 4 nitrogen and oxygen atoms in total. The summed E-state index contributed by atoms with van der Waals surface area (Å²) in [7, 11) is 4.13. The van der Waals surface area contributed by atoms with Gasteiger partial charge in [-0.3, -0.25) is 0 Å². The summed E-state index contributed by atoms with van der Waals surface area (Å²) in [4.78, 5) is 2.82. The monoisotopic (exact) mass is 264 g/mol. The van der Waals surface area contributed by atoms with Gasteiger partial charge in [0.05, 0.1) is 10.7 Å². The molecule has 3 N–H and O–H groups in total. The molecule has 0 aliphatic heterocycles. The molecule has 0 bridgehead atoms. The number of thiophene rings is 1. The van der Waals surface area contributed by atoms with E-state index in [0.717, 1.165) is 11.5 Å². The molecule has 0 saturated heterocycles. The van der Waals surface area contributed by atoms with Gasteiger partial charge in [0.2, 0.25) is 0 Å². The lowest BCUT2D eigenvalue weighted by molar-refractivity contribution is 0.326. The standard InChI is InChI=1S/C13H20N4S/c1-8(17(2)3)7-16-13-11(9-4-5-9)12(15)10(6-14)18-13/h8-9,16H,4-5,7,15H2,1-3H3. The molecule has 1 aliphatic rings. The molecule has 0 radical (unpaired) electrons. The smallest absolute Gasteiger partial charge is 0.130 e. The summed E-state index contributed by atoms with van der Waals surface area (Å²) < 4.78 is 0. The highest BCUT2D eigenvalue weighted by Gasteiger charge is 2.31. The van der Waals surface area contributed by atoms with E-state index in [1.165, 1.54) is 29.7 Å². The number of nitrogens with one attached hydrogen (secondary N) is 1. The number of anilines is 2. The Bertz CT molecular complexity index is 468. The van der Waals surface area contributed by atoms with Crippen LogP contribution in [0.2, 0.25) is 0 Å². The Morgan fingerprint density at radius 2 is 2.22 bits per heavy atom. The first-order valence-electron chi connectivity index (χ1n) is 6.27. The largest absolute Gasteiger partial charge is 0.397 e. The zero-order valence-corrected chi connectivity index (χ0v) is 12.0. The van der Waals surface area contributed by atoms with E-state index in [-0.39, 0.29) is 0 Å². The second kappa shape index (κ2) is 5.17. The first-order valence-corrected chi connectivity index (χ1v) is 7.08. The third-order valence-corrected chi connectivity index (χ3v) is 4.59. The predicted molar refractivity (Wildman–Crippen MR) is 77.1 cm³/mol. The lowest BCUT2D eigenvalue weighted by atomic mass is 10.1. The first-order chi connectivity index (χ1) is 8.54. The molecule has 0 aromatic carbocycles. The molecule has 5 heteroatoms. The Morgan fingerprint density at radius 1 is 1.56 bits per heavy atom. The molecular weight excluding hydrogens is 244 g/mol. The summed E-state index contributed by atoms with van der Waals surface area (Å²) in [6.45, 7) is 3.05. The minimum Gasteiger partial charge on any atom is -0.397 e. The molecule has 0 amide bonds. The summed E-state index contributed by atoms with van der Waals surface area (Å²) in [6, 6.07) is 2.64. The third-order valence-electron chi connectivity index (χ3n) is 3.51. The van der Waals surface area contributed by atoms with Crippen molar-refractivity contribution >= 4 is 22.0 Å². The average molecular weight is 264 g/mol. The van der Waals surface area contributed by atoms with Crippen molar-refractivity contribution in [1.29, 1.82) is 5.26 Å². The van der Waals surface area contributed by atoms with E-state index in [0.29, 0.717) is 22.5 Å². The van der Waals surface area contributed by atoms with Gasteiger partial charge in [-0.1, -0.05) is 0 Å². The van der Waals surface area contributed by atoms with Gasteiger partial charge in [-0.25, -0.2) is 0 Å². The molecule has 1 aromatic heterocycles. The van der Waals surface area contributed by atoms with Crippen LogP contribution in [0.15, 0.2) is 0 Å². The molecule has 1 unspecified atom stereocenters. The van der Waals surface area contributed by atoms with Crippen molar-refractivity contribution in [3.05, 3.63) is 10.4 Å². The van der Waals surface area contributed by atoms with E-state index in [2.05, 4.69) is 37.3 Å². The van der Waals surface area contributed by atoms with Crippen molar-refractivity contribution < 1.29 is 0 Å². The number of nitriles is 1. The quantitative estimate of drug-likeness (QED) is 0.857. The van der Waals surface area contributed by atoms with E-state index >= 15 is 0 Å². The molecule has 1 aromatic rings. The fourth-order valence-corrected chi connectivity index (χ4v) is 2.88. The topological polar surface area (TPSA) is 65.1 Å². The second-order valence-corrected chi connectivity index (χ2v) is 6.19. The Balaban J connectivity index is 2.15. The van der Waals surface area contributed by atoms with Crippen LogP contribution in [0.4, 0.5) is 10.7 Å². The molecule has 1 fully saturated rings. The normalized spacial score (nSPS) is 16.6. The number of hydrogen-bond acceptors (Lipinski definition) is 5. The van der Waals surface area contributed by atoms with Gasteiger partial charge in [0, 0.05) is 18.2 Å². The average Bonchev–Trinajstić information content (AvgIpc) is 3.11. The number of nitrogen functional groups attached to an aromatic ring is 1. The van der Waals surface area contributed by atoms with Crippen molar-refractivity contribution in [3.63, 3.8) is 0 Å². The van der Waals surface area contributed by atoms with Crippen LogP contribution in [0.1, 0.15) is 36.1 Å². The summed E-state index contributed by atoms with van der Waals surface area (Å²) in [5, 5.41) is 13.6. The highest BCUT2D eigenvalue weighted by atomic mass is 32.1. The number of nitrogens with two attached hydrogens (primary N) is 1. The minimum absolute atomic E-state index is 0.450. The zero-order valence-electron chi connectivity index (χ0n) is 11.2. The van der Waals surface area contributed by atoms with Gasteiger partial charge in [-0.2, -0.15) is 5.26 Å². The molecule has 1 saturated carbocycles. The Kier molecular flexibility index (Phi) is 3.79. The van der Waals surface area contributed by atoms with Gasteiger partial charge in [0.25, 0.3) is 0 Å². The van der Waals surface area contributed by atoms with E-state index < -0.39 is 0 Å². The van der Waals surface area contributed by atoms with Gasteiger partial charge in [0.1, 0.15) is 10.9 Å². The number of nitrogens with zero attached hydrogens (tertiary/aromatic N) is 2. The van der Waals surface area contributed by atoms with Crippen LogP contribution >= 0.6 is 11.3 Å². The summed E-state index contributed by atoms with van der Waals surface area (Å²) in [6.07, 6.45) is 2.40. The Hall–Kier alpha value is -1.25. The van der Waals surface area contributed by atoms with Crippen molar-refractivity contribution in [2.75, 3.05) is 31.7 Å².